The third-order valence-electron chi connectivity index (χ3n) is 5.14. The Morgan fingerprint density at radius 2 is 1.74 bits per heavy atom. The molecule has 0 atom stereocenters. The molecule has 0 aliphatic rings. The van der Waals surface area contributed by atoms with E-state index < -0.39 is 22.5 Å². The summed E-state index contributed by atoms with van der Waals surface area (Å²) in [6, 6.07) is 18.3. The summed E-state index contributed by atoms with van der Waals surface area (Å²) in [7, 11) is -2.48. The number of ether oxygens (including phenoxy) is 2. The fourth-order valence-corrected chi connectivity index (χ4v) is 5.10. The quantitative estimate of drug-likeness (QED) is 0.412. The zero-order chi connectivity index (χ0) is 25.6. The largest absolute Gasteiger partial charge is 0.493 e. The zero-order valence-electron chi connectivity index (χ0n) is 20.1. The minimum atomic E-state index is -4.02. The van der Waals surface area contributed by atoms with E-state index in [0.29, 0.717) is 27.8 Å². The number of rotatable bonds is 10. The SMILES string of the molecule is COc1cc(CNC(=O)CN(c2cc(Cl)ccc2C)S(=O)(=O)c2ccccc2)ccc1OC(C)C. The van der Waals surface area contributed by atoms with Crippen LogP contribution in [0.4, 0.5) is 5.69 Å². The van der Waals surface area contributed by atoms with Crippen LogP contribution in [-0.2, 0) is 21.4 Å². The molecular formula is C26H29ClN2O5S. The molecule has 3 aromatic carbocycles. The second kappa shape index (κ2) is 11.5. The first-order valence-electron chi connectivity index (χ1n) is 11.1. The number of halogens is 1. The molecule has 186 valence electrons. The number of sulfonamides is 1. The molecule has 35 heavy (non-hydrogen) atoms. The Balaban J connectivity index is 1.83. The van der Waals surface area contributed by atoms with Crippen LogP contribution >= 0.6 is 11.6 Å². The molecule has 0 saturated carbocycles. The number of methoxy groups -OCH3 is 1. The molecule has 1 amide bonds. The molecular weight excluding hydrogens is 488 g/mol. The highest BCUT2D eigenvalue weighted by Gasteiger charge is 2.28. The van der Waals surface area contributed by atoms with Crippen LogP contribution < -0.4 is 19.1 Å². The highest BCUT2D eigenvalue weighted by molar-refractivity contribution is 7.92. The van der Waals surface area contributed by atoms with E-state index >= 15 is 0 Å². The van der Waals surface area contributed by atoms with Crippen molar-refractivity contribution in [3.05, 3.63) is 82.9 Å². The van der Waals surface area contributed by atoms with Crippen LogP contribution in [-0.4, -0.2) is 34.1 Å². The fourth-order valence-electron chi connectivity index (χ4n) is 3.43. The van der Waals surface area contributed by atoms with Gasteiger partial charge < -0.3 is 14.8 Å². The van der Waals surface area contributed by atoms with Crippen molar-refractivity contribution in [2.24, 2.45) is 0 Å². The van der Waals surface area contributed by atoms with Crippen LogP contribution in [0.25, 0.3) is 0 Å². The van der Waals surface area contributed by atoms with Gasteiger partial charge in [-0.05, 0) is 68.3 Å². The number of carbonyl (C=O) groups is 1. The number of aryl methyl sites for hydroxylation is 1. The number of nitrogens with one attached hydrogen (secondary N) is 1. The standard InChI is InChI=1S/C26H29ClN2O5S/c1-18(2)34-24-13-11-20(14-25(24)33-4)16-28-26(30)17-29(23-15-21(27)12-10-19(23)3)35(31,32)22-8-6-5-7-9-22/h5-15,18H,16-17H2,1-4H3,(H,28,30). The van der Waals surface area contributed by atoms with E-state index in [2.05, 4.69) is 5.32 Å². The van der Waals surface area contributed by atoms with E-state index in [1.807, 2.05) is 19.9 Å². The molecule has 3 aromatic rings. The van der Waals surface area contributed by atoms with Gasteiger partial charge in [-0.3, -0.25) is 9.10 Å². The molecule has 0 aliphatic heterocycles. The fraction of sp³-hybridized carbons (Fsp3) is 0.269. The third kappa shape index (κ3) is 6.68. The zero-order valence-corrected chi connectivity index (χ0v) is 21.7. The first kappa shape index (κ1) is 26.4. The third-order valence-corrected chi connectivity index (χ3v) is 7.15. The Bertz CT molecular complexity index is 1280. The Kier molecular flexibility index (Phi) is 8.64. The van der Waals surface area contributed by atoms with Gasteiger partial charge in [-0.25, -0.2) is 8.42 Å². The van der Waals surface area contributed by atoms with Crippen LogP contribution in [0.2, 0.25) is 5.02 Å². The smallest absolute Gasteiger partial charge is 0.264 e. The second-order valence-electron chi connectivity index (χ2n) is 8.18. The summed E-state index contributed by atoms with van der Waals surface area (Å²) < 4.78 is 39.2. The first-order valence-corrected chi connectivity index (χ1v) is 12.9. The summed E-state index contributed by atoms with van der Waals surface area (Å²) in [6.45, 7) is 5.38. The number of amides is 1. The Morgan fingerprint density at radius 1 is 1.03 bits per heavy atom. The summed E-state index contributed by atoms with van der Waals surface area (Å²) in [5.41, 5.74) is 1.79. The maximum Gasteiger partial charge on any atom is 0.264 e. The first-order chi connectivity index (χ1) is 16.6. The molecule has 0 spiro atoms. The molecule has 0 aromatic heterocycles. The molecule has 0 saturated heterocycles. The highest BCUT2D eigenvalue weighted by atomic mass is 35.5. The lowest BCUT2D eigenvalue weighted by Gasteiger charge is -2.26. The van der Waals surface area contributed by atoms with Gasteiger partial charge >= 0.3 is 0 Å². The lowest BCUT2D eigenvalue weighted by Crippen LogP contribution is -2.41. The lowest BCUT2D eigenvalue weighted by atomic mass is 10.2. The van der Waals surface area contributed by atoms with E-state index in [-0.39, 0.29) is 17.5 Å². The van der Waals surface area contributed by atoms with Crippen molar-refractivity contribution in [2.45, 2.75) is 38.3 Å². The maximum absolute atomic E-state index is 13.5. The minimum absolute atomic E-state index is 0.0121. The van der Waals surface area contributed by atoms with Crippen molar-refractivity contribution >= 4 is 33.2 Å². The molecule has 7 nitrogen and oxygen atoms in total. The Hall–Kier alpha value is -3.23. The number of anilines is 1. The van der Waals surface area contributed by atoms with Crippen LogP contribution in [0.1, 0.15) is 25.0 Å². The topological polar surface area (TPSA) is 84.9 Å². The number of hydrogen-bond acceptors (Lipinski definition) is 5. The lowest BCUT2D eigenvalue weighted by molar-refractivity contribution is -0.119. The van der Waals surface area contributed by atoms with Gasteiger partial charge in [-0.2, -0.15) is 0 Å². The summed E-state index contributed by atoms with van der Waals surface area (Å²) in [5.74, 6) is 0.688. The summed E-state index contributed by atoms with van der Waals surface area (Å²) in [4.78, 5) is 13.0. The highest BCUT2D eigenvalue weighted by Crippen LogP contribution is 2.30. The van der Waals surface area contributed by atoms with Gasteiger partial charge in [0.25, 0.3) is 10.0 Å². The van der Waals surface area contributed by atoms with Crippen molar-refractivity contribution in [1.82, 2.24) is 5.32 Å². The van der Waals surface area contributed by atoms with E-state index in [4.69, 9.17) is 21.1 Å². The van der Waals surface area contributed by atoms with E-state index in [9.17, 15) is 13.2 Å². The van der Waals surface area contributed by atoms with Crippen molar-refractivity contribution in [2.75, 3.05) is 18.0 Å². The Labute approximate surface area is 211 Å². The predicted molar refractivity (Wildman–Crippen MR) is 138 cm³/mol. The van der Waals surface area contributed by atoms with E-state index in [0.717, 1.165) is 9.87 Å². The average molecular weight is 517 g/mol. The van der Waals surface area contributed by atoms with E-state index in [1.165, 1.54) is 12.1 Å². The minimum Gasteiger partial charge on any atom is -0.493 e. The second-order valence-corrected chi connectivity index (χ2v) is 10.5. The van der Waals surface area contributed by atoms with E-state index in [1.54, 1.807) is 62.6 Å². The average Bonchev–Trinajstić information content (AvgIpc) is 2.83. The molecule has 0 heterocycles. The molecule has 9 heteroatoms. The summed E-state index contributed by atoms with van der Waals surface area (Å²) in [6.07, 6.45) is -0.0121. The van der Waals surface area contributed by atoms with Gasteiger partial charge in [0.1, 0.15) is 6.54 Å². The molecule has 0 aliphatic carbocycles. The number of carbonyl (C=O) groups excluding carboxylic acids is 1. The van der Waals surface area contributed by atoms with Crippen molar-refractivity contribution in [1.29, 1.82) is 0 Å². The molecule has 0 unspecified atom stereocenters. The Morgan fingerprint density at radius 3 is 2.40 bits per heavy atom. The van der Waals surface area contributed by atoms with Crippen LogP contribution in [0.15, 0.2) is 71.6 Å². The van der Waals surface area contributed by atoms with Gasteiger partial charge in [0.05, 0.1) is 23.8 Å². The normalized spacial score (nSPS) is 11.3. The molecule has 0 fully saturated rings. The molecule has 3 rings (SSSR count). The van der Waals surface area contributed by atoms with Crippen LogP contribution in [0, 0.1) is 6.92 Å². The monoisotopic (exact) mass is 516 g/mol. The van der Waals surface area contributed by atoms with Gasteiger partial charge in [0.15, 0.2) is 11.5 Å². The molecule has 0 bridgehead atoms. The van der Waals surface area contributed by atoms with Crippen molar-refractivity contribution in [3.8, 4) is 11.5 Å². The van der Waals surface area contributed by atoms with Crippen LogP contribution in [0.3, 0.4) is 0 Å². The number of nitrogens with zero attached hydrogens (tertiary/aromatic N) is 1. The number of hydrogen-bond donors (Lipinski definition) is 1. The summed E-state index contributed by atoms with van der Waals surface area (Å²) in [5, 5.41) is 3.16. The van der Waals surface area contributed by atoms with Crippen molar-refractivity contribution < 1.29 is 22.7 Å². The van der Waals surface area contributed by atoms with Crippen molar-refractivity contribution in [3.63, 3.8) is 0 Å². The molecule has 0 radical (unpaired) electrons. The summed E-state index contributed by atoms with van der Waals surface area (Å²) >= 11 is 6.16. The predicted octanol–water partition coefficient (Wildman–Crippen LogP) is 4.96. The van der Waals surface area contributed by atoms with Gasteiger partial charge in [0.2, 0.25) is 5.91 Å². The van der Waals surface area contributed by atoms with Gasteiger partial charge in [-0.1, -0.05) is 41.9 Å². The number of benzene rings is 3. The van der Waals surface area contributed by atoms with Crippen LogP contribution in [0.5, 0.6) is 11.5 Å². The van der Waals surface area contributed by atoms with Gasteiger partial charge in [-0.15, -0.1) is 0 Å². The van der Waals surface area contributed by atoms with Gasteiger partial charge in [0, 0.05) is 11.6 Å². The molecule has 1 N–H and O–H groups in total. The maximum atomic E-state index is 13.5.